The van der Waals surface area contributed by atoms with Crippen molar-refractivity contribution in [2.45, 2.75) is 35.9 Å². The second-order valence-corrected chi connectivity index (χ2v) is 8.70. The van der Waals surface area contributed by atoms with E-state index < -0.39 is 15.3 Å². The van der Waals surface area contributed by atoms with Gasteiger partial charge in [0.15, 0.2) is 0 Å². The fourth-order valence-corrected chi connectivity index (χ4v) is 4.69. The van der Waals surface area contributed by atoms with Crippen LogP contribution in [0.1, 0.15) is 20.8 Å². The fourth-order valence-electron chi connectivity index (χ4n) is 2.43. The molecule has 0 aromatic carbocycles. The quantitative estimate of drug-likeness (QED) is 0.706. The number of amides is 3. The third kappa shape index (κ3) is 4.31. The van der Waals surface area contributed by atoms with Gasteiger partial charge in [0, 0.05) is 32.4 Å². The highest BCUT2D eigenvalue weighted by Crippen LogP contribution is 2.24. The van der Waals surface area contributed by atoms with Crippen molar-refractivity contribution in [3.8, 4) is 0 Å². The smallest absolute Gasteiger partial charge is 0.324 e. The predicted molar refractivity (Wildman–Crippen MR) is 94.8 cm³/mol. The van der Waals surface area contributed by atoms with E-state index >= 15 is 0 Å². The number of hydrogen-bond donors (Lipinski definition) is 1. The van der Waals surface area contributed by atoms with Crippen LogP contribution in [0.5, 0.6) is 0 Å². The Kier molecular flexibility index (Phi) is 6.42. The van der Waals surface area contributed by atoms with E-state index in [1.165, 1.54) is 33.2 Å². The van der Waals surface area contributed by atoms with E-state index in [1.807, 2.05) is 0 Å². The Balaban J connectivity index is 2.07. The van der Waals surface area contributed by atoms with E-state index in [2.05, 4.69) is 10.3 Å². The summed E-state index contributed by atoms with van der Waals surface area (Å²) in [5.41, 5.74) is 0. The molecule has 1 aromatic rings. The molecule has 0 bridgehead atoms. The van der Waals surface area contributed by atoms with Crippen LogP contribution in [0.2, 0.25) is 0 Å². The molecular weight excluding hydrogens is 364 g/mol. The van der Waals surface area contributed by atoms with Crippen molar-refractivity contribution in [1.29, 1.82) is 0 Å². The molecule has 0 spiro atoms. The van der Waals surface area contributed by atoms with Gasteiger partial charge in [-0.1, -0.05) is 25.6 Å². The summed E-state index contributed by atoms with van der Waals surface area (Å²) in [6.45, 7) is 6.84. The van der Waals surface area contributed by atoms with Crippen LogP contribution in [0.4, 0.5) is 4.79 Å². The van der Waals surface area contributed by atoms with Crippen molar-refractivity contribution in [3.63, 3.8) is 0 Å². The summed E-state index contributed by atoms with van der Waals surface area (Å²) < 4.78 is 26.2. The van der Waals surface area contributed by atoms with Gasteiger partial charge < -0.3 is 5.32 Å². The first-order valence-corrected chi connectivity index (χ1v) is 10.3. The number of nitrogens with zero attached hydrogens (tertiary/aromatic N) is 3. The van der Waals surface area contributed by atoms with E-state index in [0.29, 0.717) is 31.2 Å². The summed E-state index contributed by atoms with van der Waals surface area (Å²) in [7, 11) is -3.55. The summed E-state index contributed by atoms with van der Waals surface area (Å²) in [5, 5.41) is 2.61. The maximum Gasteiger partial charge on any atom is 0.324 e. The van der Waals surface area contributed by atoms with Crippen molar-refractivity contribution >= 4 is 33.7 Å². The zero-order valence-corrected chi connectivity index (χ0v) is 16.1. The van der Waals surface area contributed by atoms with Gasteiger partial charge in [0.2, 0.25) is 15.9 Å². The first-order valence-electron chi connectivity index (χ1n) is 8.03. The van der Waals surface area contributed by atoms with Crippen molar-refractivity contribution in [1.82, 2.24) is 19.5 Å². The molecule has 0 saturated carbocycles. The summed E-state index contributed by atoms with van der Waals surface area (Å²) in [6.07, 6.45) is 1.30. The lowest BCUT2D eigenvalue weighted by atomic mass is 10.4. The molecule has 10 heteroatoms. The van der Waals surface area contributed by atoms with Crippen LogP contribution in [0.15, 0.2) is 28.3 Å². The highest BCUT2D eigenvalue weighted by Gasteiger charge is 2.30. The van der Waals surface area contributed by atoms with Gasteiger partial charge >= 0.3 is 6.03 Å². The molecule has 1 aliphatic rings. The van der Waals surface area contributed by atoms with Gasteiger partial charge in [-0.15, -0.1) is 0 Å². The number of carbonyl (C=O) groups excluding carboxylic acids is 2. The predicted octanol–water partition coefficient (Wildman–Crippen LogP) is 1.14. The molecule has 2 rings (SSSR count). The van der Waals surface area contributed by atoms with Crippen LogP contribution in [0.3, 0.4) is 0 Å². The number of sulfonamides is 1. The Labute approximate surface area is 152 Å². The Bertz CT molecular complexity index is 732. The normalized spacial score (nSPS) is 16.2. The number of urea groups is 1. The molecule has 1 fully saturated rings. The molecule has 138 valence electrons. The third-order valence-corrected chi connectivity index (χ3v) is 6.89. The molecule has 0 aliphatic carbocycles. The molecule has 3 amide bonds. The molecular formula is C15H22N4O4S2. The topological polar surface area (TPSA) is 99.7 Å². The summed E-state index contributed by atoms with van der Waals surface area (Å²) in [4.78, 5) is 29.3. The van der Waals surface area contributed by atoms with Crippen molar-refractivity contribution in [2.24, 2.45) is 0 Å². The van der Waals surface area contributed by atoms with Gasteiger partial charge in [-0.05, 0) is 19.1 Å². The number of pyridine rings is 1. The minimum Gasteiger partial charge on any atom is -0.336 e. The number of imide groups is 1. The average molecular weight is 386 g/mol. The third-order valence-electron chi connectivity index (χ3n) is 3.82. The van der Waals surface area contributed by atoms with Crippen molar-refractivity contribution < 1.29 is 18.0 Å². The maximum atomic E-state index is 12.4. The Hall–Kier alpha value is -1.65. The Morgan fingerprint density at radius 1 is 1.40 bits per heavy atom. The molecule has 1 N–H and O–H groups in total. The van der Waals surface area contributed by atoms with Gasteiger partial charge in [0.05, 0.1) is 10.3 Å². The van der Waals surface area contributed by atoms with Gasteiger partial charge in [-0.3, -0.25) is 9.69 Å². The highest BCUT2D eigenvalue weighted by molar-refractivity contribution is 8.00. The zero-order chi connectivity index (χ0) is 18.6. The molecule has 1 atom stereocenters. The van der Waals surface area contributed by atoms with Gasteiger partial charge in [-0.2, -0.15) is 4.31 Å². The van der Waals surface area contributed by atoms with Gasteiger partial charge in [0.25, 0.3) is 0 Å². The minimum absolute atomic E-state index is 0.124. The molecule has 0 radical (unpaired) electrons. The standard InChI is InChI=1S/C15H22N4O4S2/c1-4-18(5-2)25(22,23)12-6-7-13(17-10-12)24-11(3)14(20)19-9-8-16-15(19)21/h6-7,10-11H,4-5,8-9H2,1-3H3,(H,16,21)/t11-/m0/s1. The molecule has 1 aromatic heterocycles. The SMILES string of the molecule is CCN(CC)S(=O)(=O)c1ccc(S[C@@H](C)C(=O)N2CCNC2=O)nc1. The first-order chi connectivity index (χ1) is 11.8. The van der Waals surface area contributed by atoms with E-state index in [9.17, 15) is 18.0 Å². The lowest BCUT2D eigenvalue weighted by Crippen LogP contribution is -2.38. The van der Waals surface area contributed by atoms with Crippen molar-refractivity contribution in [2.75, 3.05) is 26.2 Å². The molecule has 1 saturated heterocycles. The number of hydrogen-bond acceptors (Lipinski definition) is 6. The Morgan fingerprint density at radius 2 is 2.08 bits per heavy atom. The molecule has 8 nitrogen and oxygen atoms in total. The number of aromatic nitrogens is 1. The lowest BCUT2D eigenvalue weighted by molar-refractivity contribution is -0.126. The van der Waals surface area contributed by atoms with Crippen LogP contribution in [-0.2, 0) is 14.8 Å². The van der Waals surface area contributed by atoms with E-state index in [1.54, 1.807) is 26.8 Å². The summed E-state index contributed by atoms with van der Waals surface area (Å²) >= 11 is 1.19. The fraction of sp³-hybridized carbons (Fsp3) is 0.533. The number of carbonyl (C=O) groups is 2. The van der Waals surface area contributed by atoms with Gasteiger partial charge in [-0.25, -0.2) is 18.2 Å². The molecule has 25 heavy (non-hydrogen) atoms. The molecule has 0 unspecified atom stereocenters. The van der Waals surface area contributed by atoms with Crippen LogP contribution in [0.25, 0.3) is 0 Å². The van der Waals surface area contributed by atoms with Crippen LogP contribution < -0.4 is 5.32 Å². The number of nitrogens with one attached hydrogen (secondary N) is 1. The minimum atomic E-state index is -3.55. The first kappa shape index (κ1) is 19.7. The average Bonchev–Trinajstić information content (AvgIpc) is 3.01. The van der Waals surface area contributed by atoms with Crippen molar-refractivity contribution in [3.05, 3.63) is 18.3 Å². The highest BCUT2D eigenvalue weighted by atomic mass is 32.2. The zero-order valence-electron chi connectivity index (χ0n) is 14.4. The lowest BCUT2D eigenvalue weighted by Gasteiger charge is -2.19. The van der Waals surface area contributed by atoms with E-state index in [0.717, 1.165) is 0 Å². The summed E-state index contributed by atoms with van der Waals surface area (Å²) in [5.74, 6) is -0.290. The van der Waals surface area contributed by atoms with E-state index in [-0.39, 0.29) is 16.8 Å². The summed E-state index contributed by atoms with van der Waals surface area (Å²) in [6, 6.07) is 2.68. The van der Waals surface area contributed by atoms with Crippen LogP contribution >= 0.6 is 11.8 Å². The second-order valence-electron chi connectivity index (χ2n) is 5.40. The monoisotopic (exact) mass is 386 g/mol. The molecule has 1 aliphatic heterocycles. The number of rotatable bonds is 7. The largest absolute Gasteiger partial charge is 0.336 e. The molecule has 2 heterocycles. The van der Waals surface area contributed by atoms with Crippen LogP contribution in [0, 0.1) is 0 Å². The van der Waals surface area contributed by atoms with Gasteiger partial charge in [0.1, 0.15) is 4.90 Å². The van der Waals surface area contributed by atoms with E-state index in [4.69, 9.17) is 0 Å². The second kappa shape index (κ2) is 8.15. The maximum absolute atomic E-state index is 12.4. The Morgan fingerprint density at radius 3 is 2.56 bits per heavy atom. The van der Waals surface area contributed by atoms with Crippen LogP contribution in [-0.4, -0.2) is 66.0 Å². The number of thioether (sulfide) groups is 1.